The largest absolute Gasteiger partial charge is 0.372 e. The molecular formula is C21H33N5OS. The fourth-order valence-electron chi connectivity index (χ4n) is 3.20. The SMILES string of the molecule is CCC(CC)NC(=O)CSc1nnc(-c2ccc(N(CC)CC)cc2)n1CC. The molecule has 0 radical (unpaired) electrons. The third kappa shape index (κ3) is 5.50. The lowest BCUT2D eigenvalue weighted by Crippen LogP contribution is -2.35. The molecule has 0 spiro atoms. The minimum Gasteiger partial charge on any atom is -0.372 e. The van der Waals surface area contributed by atoms with Gasteiger partial charge < -0.3 is 14.8 Å². The van der Waals surface area contributed by atoms with Gasteiger partial charge in [-0.05, 0) is 57.9 Å². The Labute approximate surface area is 173 Å². The average molecular weight is 404 g/mol. The average Bonchev–Trinajstić information content (AvgIpc) is 3.14. The van der Waals surface area contributed by atoms with Gasteiger partial charge in [0.1, 0.15) is 0 Å². The van der Waals surface area contributed by atoms with E-state index in [-0.39, 0.29) is 11.9 Å². The van der Waals surface area contributed by atoms with Crippen molar-refractivity contribution in [3.8, 4) is 11.4 Å². The van der Waals surface area contributed by atoms with Crippen LogP contribution >= 0.6 is 11.8 Å². The van der Waals surface area contributed by atoms with Crippen molar-refractivity contribution in [2.75, 3.05) is 23.7 Å². The van der Waals surface area contributed by atoms with Crippen LogP contribution in [0, 0.1) is 0 Å². The summed E-state index contributed by atoms with van der Waals surface area (Å²) in [4.78, 5) is 14.5. The number of amides is 1. The summed E-state index contributed by atoms with van der Waals surface area (Å²) in [6.45, 7) is 13.3. The van der Waals surface area contributed by atoms with E-state index in [1.54, 1.807) is 0 Å². The molecule has 1 aromatic heterocycles. The molecule has 0 fully saturated rings. The predicted molar refractivity (Wildman–Crippen MR) is 118 cm³/mol. The van der Waals surface area contributed by atoms with Gasteiger partial charge in [0.05, 0.1) is 5.75 Å². The summed E-state index contributed by atoms with van der Waals surface area (Å²) in [5, 5.41) is 12.6. The van der Waals surface area contributed by atoms with E-state index >= 15 is 0 Å². The molecule has 0 unspecified atom stereocenters. The van der Waals surface area contributed by atoms with Gasteiger partial charge in [0, 0.05) is 36.9 Å². The number of aromatic nitrogens is 3. The molecule has 0 saturated heterocycles. The van der Waals surface area contributed by atoms with Crippen molar-refractivity contribution in [3.05, 3.63) is 24.3 Å². The Bertz CT molecular complexity index is 736. The maximum Gasteiger partial charge on any atom is 0.230 e. The number of hydrogen-bond donors (Lipinski definition) is 1. The first-order chi connectivity index (χ1) is 13.6. The zero-order chi connectivity index (χ0) is 20.5. The van der Waals surface area contributed by atoms with E-state index in [1.807, 2.05) is 0 Å². The quantitative estimate of drug-likeness (QED) is 0.570. The van der Waals surface area contributed by atoms with Crippen LogP contribution in [-0.4, -0.2) is 45.6 Å². The summed E-state index contributed by atoms with van der Waals surface area (Å²) in [5.41, 5.74) is 2.25. The monoisotopic (exact) mass is 403 g/mol. The van der Waals surface area contributed by atoms with E-state index in [2.05, 4.69) is 83.9 Å². The molecule has 0 bridgehead atoms. The topological polar surface area (TPSA) is 63.1 Å². The lowest BCUT2D eigenvalue weighted by atomic mass is 10.2. The van der Waals surface area contributed by atoms with Gasteiger partial charge in [0.25, 0.3) is 0 Å². The van der Waals surface area contributed by atoms with E-state index < -0.39 is 0 Å². The zero-order valence-electron chi connectivity index (χ0n) is 17.7. The number of benzene rings is 1. The molecule has 1 amide bonds. The molecular weight excluding hydrogens is 370 g/mol. The molecule has 1 heterocycles. The zero-order valence-corrected chi connectivity index (χ0v) is 18.6. The number of anilines is 1. The fourth-order valence-corrected chi connectivity index (χ4v) is 4.01. The van der Waals surface area contributed by atoms with Gasteiger partial charge in [-0.3, -0.25) is 4.79 Å². The highest BCUT2D eigenvalue weighted by molar-refractivity contribution is 7.99. The number of thioether (sulfide) groups is 1. The summed E-state index contributed by atoms with van der Waals surface area (Å²) in [6, 6.07) is 8.70. The van der Waals surface area contributed by atoms with Gasteiger partial charge in [-0.2, -0.15) is 0 Å². The Morgan fingerprint density at radius 1 is 1.07 bits per heavy atom. The van der Waals surface area contributed by atoms with Crippen LogP contribution in [-0.2, 0) is 11.3 Å². The number of rotatable bonds is 11. The molecule has 0 aliphatic carbocycles. The maximum atomic E-state index is 12.2. The molecule has 2 aromatic rings. The van der Waals surface area contributed by atoms with Gasteiger partial charge >= 0.3 is 0 Å². The first-order valence-electron chi connectivity index (χ1n) is 10.3. The van der Waals surface area contributed by atoms with Crippen LogP contribution in [0.5, 0.6) is 0 Å². The van der Waals surface area contributed by atoms with E-state index in [0.717, 1.165) is 49.0 Å². The summed E-state index contributed by atoms with van der Waals surface area (Å²) in [5.74, 6) is 1.25. The van der Waals surface area contributed by atoms with Crippen LogP contribution in [0.25, 0.3) is 11.4 Å². The van der Waals surface area contributed by atoms with Gasteiger partial charge in [0.15, 0.2) is 11.0 Å². The minimum atomic E-state index is 0.0504. The van der Waals surface area contributed by atoms with E-state index in [1.165, 1.54) is 17.4 Å². The second-order valence-electron chi connectivity index (χ2n) is 6.64. The van der Waals surface area contributed by atoms with E-state index in [9.17, 15) is 4.79 Å². The number of nitrogens with zero attached hydrogens (tertiary/aromatic N) is 4. The number of nitrogens with one attached hydrogen (secondary N) is 1. The lowest BCUT2D eigenvalue weighted by molar-refractivity contribution is -0.119. The van der Waals surface area contributed by atoms with Gasteiger partial charge in [-0.1, -0.05) is 25.6 Å². The molecule has 154 valence electrons. The Morgan fingerprint density at radius 2 is 1.71 bits per heavy atom. The fraction of sp³-hybridized carbons (Fsp3) is 0.571. The normalized spacial score (nSPS) is 11.1. The number of hydrogen-bond acceptors (Lipinski definition) is 5. The summed E-state index contributed by atoms with van der Waals surface area (Å²) in [6.07, 6.45) is 1.90. The highest BCUT2D eigenvalue weighted by Crippen LogP contribution is 2.26. The van der Waals surface area contributed by atoms with Crippen molar-refractivity contribution < 1.29 is 4.79 Å². The van der Waals surface area contributed by atoms with Crippen LogP contribution in [0.1, 0.15) is 47.5 Å². The molecule has 7 heteroatoms. The molecule has 2 rings (SSSR count). The van der Waals surface area contributed by atoms with Crippen molar-refractivity contribution in [2.45, 2.75) is 65.2 Å². The first-order valence-corrected chi connectivity index (χ1v) is 11.3. The number of carbonyl (C=O) groups is 1. The third-order valence-electron chi connectivity index (χ3n) is 4.97. The van der Waals surface area contributed by atoms with Crippen LogP contribution in [0.2, 0.25) is 0 Å². The molecule has 28 heavy (non-hydrogen) atoms. The Balaban J connectivity index is 2.10. The first kappa shape index (κ1) is 22.3. The molecule has 0 saturated carbocycles. The van der Waals surface area contributed by atoms with Crippen molar-refractivity contribution >= 4 is 23.4 Å². The van der Waals surface area contributed by atoms with Crippen molar-refractivity contribution in [1.82, 2.24) is 20.1 Å². The lowest BCUT2D eigenvalue weighted by Gasteiger charge is -2.21. The molecule has 1 aromatic carbocycles. The highest BCUT2D eigenvalue weighted by atomic mass is 32.2. The minimum absolute atomic E-state index is 0.0504. The molecule has 1 N–H and O–H groups in total. The van der Waals surface area contributed by atoms with E-state index in [0.29, 0.717) is 5.75 Å². The van der Waals surface area contributed by atoms with Crippen LogP contribution in [0.3, 0.4) is 0 Å². The summed E-state index contributed by atoms with van der Waals surface area (Å²) >= 11 is 1.44. The Morgan fingerprint density at radius 3 is 2.25 bits per heavy atom. The molecule has 0 aliphatic rings. The van der Waals surface area contributed by atoms with E-state index in [4.69, 9.17) is 0 Å². The maximum absolute atomic E-state index is 12.2. The van der Waals surface area contributed by atoms with Gasteiger partial charge in [-0.15, -0.1) is 10.2 Å². The Hall–Kier alpha value is -2.02. The smallest absolute Gasteiger partial charge is 0.230 e. The third-order valence-corrected chi connectivity index (χ3v) is 5.94. The standard InChI is InChI=1S/C21H33N5OS/c1-6-17(7-2)22-19(27)15-28-21-24-23-20(26(21)10-5)16-11-13-18(14-12-16)25(8-3)9-4/h11-14,17H,6-10,15H2,1-5H3,(H,22,27). The van der Waals surface area contributed by atoms with Crippen LogP contribution in [0.15, 0.2) is 29.4 Å². The van der Waals surface area contributed by atoms with Gasteiger partial charge in [0.2, 0.25) is 5.91 Å². The number of carbonyl (C=O) groups excluding carboxylic acids is 1. The molecule has 0 aliphatic heterocycles. The van der Waals surface area contributed by atoms with Crippen LogP contribution in [0.4, 0.5) is 5.69 Å². The molecule has 6 nitrogen and oxygen atoms in total. The second-order valence-corrected chi connectivity index (χ2v) is 7.58. The summed E-state index contributed by atoms with van der Waals surface area (Å²) < 4.78 is 2.07. The highest BCUT2D eigenvalue weighted by Gasteiger charge is 2.16. The predicted octanol–water partition coefficient (Wildman–Crippen LogP) is 4.21. The molecule has 0 atom stereocenters. The van der Waals surface area contributed by atoms with Crippen LogP contribution < -0.4 is 10.2 Å². The van der Waals surface area contributed by atoms with Crippen molar-refractivity contribution in [1.29, 1.82) is 0 Å². The Kier molecular flexibility index (Phi) is 8.83. The van der Waals surface area contributed by atoms with Crippen molar-refractivity contribution in [2.24, 2.45) is 0 Å². The summed E-state index contributed by atoms with van der Waals surface area (Å²) in [7, 11) is 0. The second kappa shape index (κ2) is 11.1. The van der Waals surface area contributed by atoms with Gasteiger partial charge in [-0.25, -0.2) is 0 Å². The van der Waals surface area contributed by atoms with Crippen molar-refractivity contribution in [3.63, 3.8) is 0 Å².